The first-order valence-corrected chi connectivity index (χ1v) is 18.0. The van der Waals surface area contributed by atoms with Crippen LogP contribution in [0.2, 0.25) is 0 Å². The molecule has 8 rings (SSSR count). The Hall–Kier alpha value is -8.04. The van der Waals surface area contributed by atoms with Crippen LogP contribution in [0, 0.1) is 0 Å². The Bertz CT molecular complexity index is 2450. The molecule has 0 radical (unpaired) electrons. The molecule has 280 valence electrons. The monoisotopic (exact) mass is 752 g/mol. The SMILES string of the molecule is Nc1cccc(Oc2cccc(Oc3ccccc3Oc3ccccc3Oc3ccccc3Oc3ccccc3Oc3cccc(Oc4cccc(N)c4)c3)c2)c1. The van der Waals surface area contributed by atoms with E-state index < -0.39 is 0 Å². The third-order valence-corrected chi connectivity index (χ3v) is 8.31. The second-order valence-corrected chi connectivity index (χ2v) is 12.6. The van der Waals surface area contributed by atoms with Crippen molar-refractivity contribution in [3.63, 3.8) is 0 Å². The van der Waals surface area contributed by atoms with Crippen LogP contribution in [0.3, 0.4) is 0 Å². The van der Waals surface area contributed by atoms with Crippen molar-refractivity contribution in [3.8, 4) is 80.5 Å². The molecule has 0 atom stereocenters. The van der Waals surface area contributed by atoms with E-state index in [1.54, 1.807) is 36.4 Å². The largest absolute Gasteiger partial charge is 0.457 e. The van der Waals surface area contributed by atoms with E-state index >= 15 is 0 Å². The lowest BCUT2D eigenvalue weighted by atomic mass is 10.2. The molecule has 8 aromatic carbocycles. The lowest BCUT2D eigenvalue weighted by Crippen LogP contribution is -1.95. The summed E-state index contributed by atoms with van der Waals surface area (Å²) in [6, 6.07) is 58.7. The zero-order chi connectivity index (χ0) is 38.8. The van der Waals surface area contributed by atoms with Crippen molar-refractivity contribution in [3.05, 3.63) is 194 Å². The molecular weight excluding hydrogens is 717 g/mol. The van der Waals surface area contributed by atoms with Crippen molar-refractivity contribution in [1.82, 2.24) is 0 Å². The van der Waals surface area contributed by atoms with Gasteiger partial charge in [0, 0.05) is 35.6 Å². The van der Waals surface area contributed by atoms with Gasteiger partial charge in [-0.3, -0.25) is 0 Å². The molecule has 0 unspecified atom stereocenters. The van der Waals surface area contributed by atoms with E-state index in [2.05, 4.69) is 0 Å². The van der Waals surface area contributed by atoms with Gasteiger partial charge in [-0.2, -0.15) is 0 Å². The molecule has 0 heterocycles. The van der Waals surface area contributed by atoms with Crippen LogP contribution in [0.4, 0.5) is 11.4 Å². The Kier molecular flexibility index (Phi) is 10.7. The minimum atomic E-state index is 0.461. The van der Waals surface area contributed by atoms with Gasteiger partial charge in [0.15, 0.2) is 46.0 Å². The van der Waals surface area contributed by atoms with Crippen molar-refractivity contribution in [2.45, 2.75) is 0 Å². The van der Waals surface area contributed by atoms with Crippen LogP contribution in [0.5, 0.6) is 80.5 Å². The van der Waals surface area contributed by atoms with E-state index in [1.165, 1.54) is 0 Å². The van der Waals surface area contributed by atoms with E-state index in [4.69, 9.17) is 44.6 Å². The molecule has 0 fully saturated rings. The molecule has 9 nitrogen and oxygen atoms in total. The molecule has 8 aromatic rings. The van der Waals surface area contributed by atoms with Gasteiger partial charge in [-0.15, -0.1) is 0 Å². The molecule has 0 saturated heterocycles. The molecule has 0 bridgehead atoms. The summed E-state index contributed by atoms with van der Waals surface area (Å²) in [6.07, 6.45) is 0. The molecule has 0 spiro atoms. The maximum atomic E-state index is 6.48. The first-order valence-electron chi connectivity index (χ1n) is 18.0. The quantitative estimate of drug-likeness (QED) is 0.105. The number of rotatable bonds is 14. The normalized spacial score (nSPS) is 10.6. The number of benzene rings is 8. The second-order valence-electron chi connectivity index (χ2n) is 12.6. The van der Waals surface area contributed by atoms with Gasteiger partial charge in [0.1, 0.15) is 34.5 Å². The Morgan fingerprint density at radius 1 is 0.211 bits per heavy atom. The minimum Gasteiger partial charge on any atom is -0.457 e. The minimum absolute atomic E-state index is 0.461. The number of nitrogens with two attached hydrogens (primary N) is 2. The summed E-state index contributed by atoms with van der Waals surface area (Å²) in [7, 11) is 0. The third-order valence-electron chi connectivity index (χ3n) is 8.31. The van der Waals surface area contributed by atoms with Gasteiger partial charge < -0.3 is 44.6 Å². The topological polar surface area (TPSA) is 117 Å². The average molecular weight is 753 g/mol. The highest BCUT2D eigenvalue weighted by molar-refractivity contribution is 5.54. The predicted molar refractivity (Wildman–Crippen MR) is 221 cm³/mol. The van der Waals surface area contributed by atoms with E-state index in [1.807, 2.05) is 158 Å². The van der Waals surface area contributed by atoms with Gasteiger partial charge in [-0.05, 0) is 97.1 Å². The van der Waals surface area contributed by atoms with Crippen LogP contribution in [-0.4, -0.2) is 0 Å². The number of hydrogen-bond donors (Lipinski definition) is 2. The molecule has 4 N–H and O–H groups in total. The van der Waals surface area contributed by atoms with Crippen LogP contribution >= 0.6 is 0 Å². The van der Waals surface area contributed by atoms with Gasteiger partial charge in [0.05, 0.1) is 0 Å². The number of hydrogen-bond acceptors (Lipinski definition) is 9. The summed E-state index contributed by atoms with van der Waals surface area (Å²) in [5.41, 5.74) is 13.1. The molecule has 0 amide bonds. The zero-order valence-corrected chi connectivity index (χ0v) is 30.5. The highest BCUT2D eigenvalue weighted by atomic mass is 16.6. The molecule has 0 aliphatic heterocycles. The molecule has 57 heavy (non-hydrogen) atoms. The molecule has 9 heteroatoms. The lowest BCUT2D eigenvalue weighted by Gasteiger charge is -2.17. The Morgan fingerprint density at radius 2 is 0.439 bits per heavy atom. The first-order chi connectivity index (χ1) is 28.0. The fourth-order valence-electron chi connectivity index (χ4n) is 5.72. The van der Waals surface area contributed by atoms with Gasteiger partial charge in [-0.1, -0.05) is 72.8 Å². The summed E-state index contributed by atoms with van der Waals surface area (Å²) in [6.45, 7) is 0. The number of nitrogen functional groups attached to an aromatic ring is 2. The Labute approximate surface area is 329 Å². The molecule has 0 aliphatic rings. The van der Waals surface area contributed by atoms with Gasteiger partial charge in [0.2, 0.25) is 0 Å². The average Bonchev–Trinajstić information content (AvgIpc) is 3.21. The smallest absolute Gasteiger partial charge is 0.170 e. The van der Waals surface area contributed by atoms with E-state index in [0.29, 0.717) is 91.9 Å². The standard InChI is InChI=1S/C48H36N2O7/c49-33-13-9-15-35(29-33)51-37-17-11-19-39(31-37)53-41-21-1-3-23-43(41)55-45-25-5-7-27-47(45)57-48-28-8-6-26-46(48)56-44-24-4-2-22-42(44)54-40-20-12-18-38(32-40)52-36-16-10-14-34(50)30-36/h1-32H,49-50H2. The molecule has 0 aliphatic carbocycles. The number of para-hydroxylation sites is 8. The van der Waals surface area contributed by atoms with Gasteiger partial charge in [-0.25, -0.2) is 0 Å². The molecule has 0 aromatic heterocycles. The number of ether oxygens (including phenoxy) is 7. The van der Waals surface area contributed by atoms with Crippen molar-refractivity contribution >= 4 is 11.4 Å². The first kappa shape index (κ1) is 36.0. The molecule has 0 saturated carbocycles. The predicted octanol–water partition coefficient (Wildman–Crippen LogP) is 13.4. The van der Waals surface area contributed by atoms with E-state index in [0.717, 1.165) is 0 Å². The lowest BCUT2D eigenvalue weighted by molar-refractivity contribution is 0.375. The Balaban J connectivity index is 0.982. The summed E-state index contributed by atoms with van der Waals surface area (Å²) in [4.78, 5) is 0. The van der Waals surface area contributed by atoms with Crippen LogP contribution in [-0.2, 0) is 0 Å². The van der Waals surface area contributed by atoms with Crippen LogP contribution in [0.1, 0.15) is 0 Å². The highest BCUT2D eigenvalue weighted by Gasteiger charge is 2.16. The Morgan fingerprint density at radius 3 is 0.719 bits per heavy atom. The summed E-state index contributed by atoms with van der Waals surface area (Å²) < 4.78 is 44.0. The van der Waals surface area contributed by atoms with E-state index in [-0.39, 0.29) is 0 Å². The fraction of sp³-hybridized carbons (Fsp3) is 0. The van der Waals surface area contributed by atoms with Crippen LogP contribution < -0.4 is 44.6 Å². The zero-order valence-electron chi connectivity index (χ0n) is 30.5. The fourth-order valence-corrected chi connectivity index (χ4v) is 5.72. The summed E-state index contributed by atoms with van der Waals surface area (Å²) in [5, 5.41) is 0. The van der Waals surface area contributed by atoms with E-state index in [9.17, 15) is 0 Å². The third kappa shape index (κ3) is 9.37. The van der Waals surface area contributed by atoms with Crippen molar-refractivity contribution < 1.29 is 33.2 Å². The number of anilines is 2. The highest BCUT2D eigenvalue weighted by Crippen LogP contribution is 2.44. The van der Waals surface area contributed by atoms with Gasteiger partial charge in [0.25, 0.3) is 0 Å². The molecular formula is C48H36N2O7. The maximum Gasteiger partial charge on any atom is 0.170 e. The summed E-state index contributed by atoms with van der Waals surface area (Å²) >= 11 is 0. The van der Waals surface area contributed by atoms with Crippen molar-refractivity contribution in [2.75, 3.05) is 11.5 Å². The van der Waals surface area contributed by atoms with Gasteiger partial charge >= 0.3 is 0 Å². The second kappa shape index (κ2) is 17.0. The van der Waals surface area contributed by atoms with Crippen LogP contribution in [0.25, 0.3) is 0 Å². The van der Waals surface area contributed by atoms with Crippen LogP contribution in [0.15, 0.2) is 194 Å². The summed E-state index contributed by atoms with van der Waals surface area (Å²) in [5.74, 6) is 7.37. The van der Waals surface area contributed by atoms with Crippen molar-refractivity contribution in [1.29, 1.82) is 0 Å². The van der Waals surface area contributed by atoms with Crippen molar-refractivity contribution in [2.24, 2.45) is 0 Å². The maximum absolute atomic E-state index is 6.48.